The van der Waals surface area contributed by atoms with Crippen LogP contribution in [0, 0.1) is 0 Å². The van der Waals surface area contributed by atoms with Crippen LogP contribution in [0.25, 0.3) is 0 Å². The van der Waals surface area contributed by atoms with Gasteiger partial charge in [-0.25, -0.2) is 14.9 Å². The van der Waals surface area contributed by atoms with Gasteiger partial charge in [0.15, 0.2) is 0 Å². The highest BCUT2D eigenvalue weighted by Gasteiger charge is 2.20. The fourth-order valence-electron chi connectivity index (χ4n) is 1.34. The maximum atomic E-state index is 11.5. The van der Waals surface area contributed by atoms with Crippen LogP contribution in [0.5, 0.6) is 0 Å². The number of rotatable bonds is 1. The van der Waals surface area contributed by atoms with Gasteiger partial charge >= 0.3 is 12.1 Å². The second-order valence-corrected chi connectivity index (χ2v) is 3.44. The van der Waals surface area contributed by atoms with Gasteiger partial charge in [-0.15, -0.1) is 0 Å². The van der Waals surface area contributed by atoms with E-state index >= 15 is 0 Å². The van der Waals surface area contributed by atoms with Crippen LogP contribution in [-0.4, -0.2) is 61.8 Å². The molecular weight excluding hydrogens is 198 g/mol. The molecule has 0 bridgehead atoms. The van der Waals surface area contributed by atoms with Gasteiger partial charge in [-0.1, -0.05) is 0 Å². The third kappa shape index (κ3) is 3.75. The van der Waals surface area contributed by atoms with Gasteiger partial charge in [-0.05, 0) is 14.0 Å². The molecule has 86 valence electrons. The van der Waals surface area contributed by atoms with Crippen molar-refractivity contribution in [2.24, 2.45) is 0 Å². The number of hydrogen-bond donors (Lipinski definition) is 1. The monoisotopic (exact) mass is 215 g/mol. The number of nitrogens with one attached hydrogen (secondary N) is 1. The Morgan fingerprint density at radius 1 is 1.27 bits per heavy atom. The smallest absolute Gasteiger partial charge is 0.415 e. The minimum atomic E-state index is -0.679. The Bertz CT molecular complexity index is 237. The van der Waals surface area contributed by atoms with Crippen LogP contribution in [0.15, 0.2) is 0 Å². The quantitative estimate of drug-likeness (QED) is 0.674. The van der Waals surface area contributed by atoms with E-state index in [0.29, 0.717) is 13.1 Å². The summed E-state index contributed by atoms with van der Waals surface area (Å²) in [4.78, 5) is 26.2. The first kappa shape index (κ1) is 11.8. The van der Waals surface area contributed by atoms with Crippen LogP contribution in [0.4, 0.5) is 9.59 Å². The van der Waals surface area contributed by atoms with Crippen LogP contribution in [0.3, 0.4) is 0 Å². The molecule has 1 rings (SSSR count). The molecule has 1 fully saturated rings. The molecule has 0 aromatic carbocycles. The lowest BCUT2D eigenvalue weighted by Crippen LogP contribution is -2.51. The van der Waals surface area contributed by atoms with E-state index in [1.54, 1.807) is 11.8 Å². The first-order valence-electron chi connectivity index (χ1n) is 5.04. The Morgan fingerprint density at radius 3 is 2.40 bits per heavy atom. The predicted octanol–water partition coefficient (Wildman–Crippen LogP) is 0.0999. The molecule has 6 heteroatoms. The second kappa shape index (κ2) is 5.55. The number of nitrogens with zero attached hydrogens (tertiary/aromatic N) is 2. The summed E-state index contributed by atoms with van der Waals surface area (Å²) in [6, 6.07) is -0.374. The number of alkyl carbamates (subject to hydrolysis) is 1. The molecule has 0 saturated carbocycles. The zero-order chi connectivity index (χ0) is 11.3. The second-order valence-electron chi connectivity index (χ2n) is 3.44. The third-order valence-corrected chi connectivity index (χ3v) is 2.27. The molecule has 0 radical (unpaired) electrons. The van der Waals surface area contributed by atoms with Crippen molar-refractivity contribution < 1.29 is 14.3 Å². The first-order valence-corrected chi connectivity index (χ1v) is 5.04. The number of ether oxygens (including phenoxy) is 1. The molecular formula is C9H17N3O3. The van der Waals surface area contributed by atoms with Gasteiger partial charge in [0.25, 0.3) is 0 Å². The van der Waals surface area contributed by atoms with E-state index in [1.807, 2.05) is 7.05 Å². The zero-order valence-electron chi connectivity index (χ0n) is 9.15. The van der Waals surface area contributed by atoms with Gasteiger partial charge in [0.05, 0.1) is 6.61 Å². The number of urea groups is 1. The van der Waals surface area contributed by atoms with Crippen molar-refractivity contribution >= 4 is 12.1 Å². The van der Waals surface area contributed by atoms with Crippen molar-refractivity contribution in [1.29, 1.82) is 0 Å². The van der Waals surface area contributed by atoms with E-state index in [0.717, 1.165) is 13.1 Å². The van der Waals surface area contributed by atoms with Gasteiger partial charge in [-0.3, -0.25) is 0 Å². The van der Waals surface area contributed by atoms with Crippen molar-refractivity contribution in [1.82, 2.24) is 15.1 Å². The molecule has 1 aliphatic rings. The summed E-state index contributed by atoms with van der Waals surface area (Å²) in [6.45, 7) is 4.90. The van der Waals surface area contributed by atoms with Crippen molar-refractivity contribution in [3.63, 3.8) is 0 Å². The zero-order valence-corrected chi connectivity index (χ0v) is 9.15. The molecule has 0 atom stereocenters. The van der Waals surface area contributed by atoms with Crippen LogP contribution in [0.2, 0.25) is 0 Å². The van der Waals surface area contributed by atoms with E-state index in [4.69, 9.17) is 0 Å². The molecule has 1 aliphatic heterocycles. The Hall–Kier alpha value is -1.30. The van der Waals surface area contributed by atoms with E-state index in [2.05, 4.69) is 15.0 Å². The summed E-state index contributed by atoms with van der Waals surface area (Å²) in [6.07, 6.45) is -0.679. The van der Waals surface area contributed by atoms with Crippen molar-refractivity contribution in [3.8, 4) is 0 Å². The van der Waals surface area contributed by atoms with E-state index in [1.165, 1.54) is 0 Å². The maximum Gasteiger partial charge on any atom is 0.415 e. The van der Waals surface area contributed by atoms with Gasteiger partial charge in [0.1, 0.15) is 0 Å². The molecule has 1 heterocycles. The normalized spacial score (nSPS) is 17.3. The number of piperazine rings is 1. The predicted molar refractivity (Wildman–Crippen MR) is 54.6 cm³/mol. The summed E-state index contributed by atoms with van der Waals surface area (Å²) < 4.78 is 4.62. The Kier molecular flexibility index (Phi) is 4.36. The van der Waals surface area contributed by atoms with Gasteiger partial charge in [0, 0.05) is 26.2 Å². The average molecular weight is 215 g/mol. The minimum absolute atomic E-state index is 0.266. The molecule has 15 heavy (non-hydrogen) atoms. The molecule has 3 amide bonds. The molecule has 1 saturated heterocycles. The fraction of sp³-hybridized carbons (Fsp3) is 0.778. The van der Waals surface area contributed by atoms with Crippen LogP contribution in [-0.2, 0) is 4.74 Å². The lowest BCUT2D eigenvalue weighted by Gasteiger charge is -2.31. The molecule has 0 aromatic heterocycles. The van der Waals surface area contributed by atoms with E-state index in [-0.39, 0.29) is 12.6 Å². The molecule has 1 N–H and O–H groups in total. The largest absolute Gasteiger partial charge is 0.450 e. The molecule has 6 nitrogen and oxygen atoms in total. The van der Waals surface area contributed by atoms with Crippen LogP contribution < -0.4 is 5.32 Å². The standard InChI is InChI=1S/C9H17N3O3/c1-3-15-9(14)10-8(13)12-6-4-11(2)5-7-12/h3-7H2,1-2H3,(H,10,13,14). The third-order valence-electron chi connectivity index (χ3n) is 2.27. The molecule has 0 unspecified atom stereocenters. The number of likely N-dealkylation sites (N-methyl/N-ethyl adjacent to an activating group) is 1. The SMILES string of the molecule is CCOC(=O)NC(=O)N1CCN(C)CC1. The van der Waals surface area contributed by atoms with Crippen LogP contribution in [0.1, 0.15) is 6.92 Å². The molecule has 0 spiro atoms. The Labute approximate surface area is 89.2 Å². The van der Waals surface area contributed by atoms with Crippen LogP contribution >= 0.6 is 0 Å². The fourth-order valence-corrected chi connectivity index (χ4v) is 1.34. The number of carbonyl (C=O) groups is 2. The molecule has 0 aromatic rings. The summed E-state index contributed by atoms with van der Waals surface area (Å²) >= 11 is 0. The Balaban J connectivity index is 2.31. The lowest BCUT2D eigenvalue weighted by molar-refractivity contribution is 0.135. The lowest BCUT2D eigenvalue weighted by atomic mass is 10.3. The van der Waals surface area contributed by atoms with Gasteiger partial charge in [0.2, 0.25) is 0 Å². The highest BCUT2D eigenvalue weighted by Crippen LogP contribution is 1.99. The average Bonchev–Trinajstić information content (AvgIpc) is 2.18. The van der Waals surface area contributed by atoms with E-state index < -0.39 is 6.09 Å². The van der Waals surface area contributed by atoms with Crippen molar-refractivity contribution in [2.45, 2.75) is 6.92 Å². The molecule has 0 aliphatic carbocycles. The highest BCUT2D eigenvalue weighted by atomic mass is 16.5. The summed E-state index contributed by atoms with van der Waals surface area (Å²) in [5.74, 6) is 0. The first-order chi connectivity index (χ1) is 7.13. The number of imide groups is 1. The minimum Gasteiger partial charge on any atom is -0.450 e. The number of carbonyl (C=O) groups excluding carboxylic acids is 2. The topological polar surface area (TPSA) is 61.9 Å². The number of hydrogen-bond acceptors (Lipinski definition) is 4. The van der Waals surface area contributed by atoms with Crippen molar-refractivity contribution in [2.75, 3.05) is 39.8 Å². The van der Waals surface area contributed by atoms with Gasteiger partial charge in [-0.2, -0.15) is 0 Å². The summed E-state index contributed by atoms with van der Waals surface area (Å²) in [5.41, 5.74) is 0. The Morgan fingerprint density at radius 2 is 1.87 bits per heavy atom. The van der Waals surface area contributed by atoms with Gasteiger partial charge < -0.3 is 14.5 Å². The van der Waals surface area contributed by atoms with E-state index in [9.17, 15) is 9.59 Å². The maximum absolute atomic E-state index is 11.5. The summed E-state index contributed by atoms with van der Waals surface area (Å²) in [5, 5.41) is 2.17. The van der Waals surface area contributed by atoms with Crippen molar-refractivity contribution in [3.05, 3.63) is 0 Å². The highest BCUT2D eigenvalue weighted by molar-refractivity contribution is 5.90. The number of amides is 3. The summed E-state index contributed by atoms with van der Waals surface area (Å²) in [7, 11) is 2.00.